The maximum atomic E-state index is 12.0. The molecule has 0 amide bonds. The van der Waals surface area contributed by atoms with Gasteiger partial charge in [0.05, 0.1) is 15.6 Å². The van der Waals surface area contributed by atoms with Crippen molar-refractivity contribution >= 4 is 23.2 Å². The highest BCUT2D eigenvalue weighted by molar-refractivity contribution is 6.41. The Balaban J connectivity index is 3.14. The third kappa shape index (κ3) is 2.05. The quantitative estimate of drug-likeness (QED) is 0.615. The van der Waals surface area contributed by atoms with Gasteiger partial charge < -0.3 is 0 Å². The summed E-state index contributed by atoms with van der Waals surface area (Å²) in [5.74, 6) is 0. The van der Waals surface area contributed by atoms with Crippen LogP contribution in [0.2, 0.25) is 10.0 Å². The van der Waals surface area contributed by atoms with E-state index in [0.29, 0.717) is 0 Å². The summed E-state index contributed by atoms with van der Waals surface area (Å²) in [6.07, 6.45) is -4.42. The van der Waals surface area contributed by atoms with Gasteiger partial charge in [-0.3, -0.25) is 0 Å². The van der Waals surface area contributed by atoms with Crippen LogP contribution in [-0.2, 0) is 6.18 Å². The summed E-state index contributed by atoms with van der Waals surface area (Å²) in [5.41, 5.74) is -0.920. The summed E-state index contributed by atoms with van der Waals surface area (Å²) >= 11 is 10.8. The predicted octanol–water partition coefficient (Wildman–Crippen LogP) is 3.81. The van der Waals surface area contributed by atoms with Crippen molar-refractivity contribution in [2.24, 2.45) is 0 Å². The Morgan fingerprint density at radius 3 is 2.17 bits per heavy atom. The lowest BCUT2D eigenvalue weighted by Gasteiger charge is -2.05. The van der Waals surface area contributed by atoms with Crippen molar-refractivity contribution < 1.29 is 13.2 Å². The number of alkyl halides is 3. The van der Waals surface area contributed by atoms with E-state index in [1.165, 1.54) is 0 Å². The Hall–Kier alpha value is -0.410. The second kappa shape index (κ2) is 3.15. The maximum Gasteiger partial charge on any atom is 0.417 e. The molecule has 0 bridgehead atoms. The van der Waals surface area contributed by atoms with E-state index in [0.717, 1.165) is 12.1 Å². The zero-order chi connectivity index (χ0) is 9.35. The Kier molecular flexibility index (Phi) is 2.54. The minimum Gasteiger partial charge on any atom is -0.166 e. The molecule has 5 heteroatoms. The number of halogens is 5. The van der Waals surface area contributed by atoms with Crippen LogP contribution in [0.4, 0.5) is 13.2 Å². The lowest BCUT2D eigenvalue weighted by Crippen LogP contribution is -2.04. The molecule has 0 aliphatic carbocycles. The molecule has 1 radical (unpaired) electrons. The number of rotatable bonds is 0. The largest absolute Gasteiger partial charge is 0.417 e. The highest BCUT2D eigenvalue weighted by atomic mass is 35.5. The van der Waals surface area contributed by atoms with Crippen molar-refractivity contribution in [3.63, 3.8) is 0 Å². The van der Waals surface area contributed by atoms with E-state index in [-0.39, 0.29) is 10.0 Å². The van der Waals surface area contributed by atoms with Crippen LogP contribution in [0.3, 0.4) is 0 Å². The van der Waals surface area contributed by atoms with E-state index in [1.54, 1.807) is 0 Å². The Morgan fingerprint density at radius 1 is 1.17 bits per heavy atom. The van der Waals surface area contributed by atoms with Gasteiger partial charge in [0.2, 0.25) is 0 Å². The van der Waals surface area contributed by atoms with Crippen LogP contribution in [-0.4, -0.2) is 0 Å². The molecule has 1 aromatic rings. The molecule has 0 aromatic heterocycles. The highest BCUT2D eigenvalue weighted by Crippen LogP contribution is 2.32. The van der Waals surface area contributed by atoms with E-state index in [4.69, 9.17) is 23.2 Å². The van der Waals surface area contributed by atoms with Crippen LogP contribution >= 0.6 is 23.2 Å². The first kappa shape index (κ1) is 9.68. The molecule has 0 aliphatic rings. The van der Waals surface area contributed by atoms with Crippen LogP contribution in [0.15, 0.2) is 12.1 Å². The first-order valence-corrected chi connectivity index (χ1v) is 3.61. The molecular formula is C7H2Cl2F3. The lowest BCUT2D eigenvalue weighted by atomic mass is 10.2. The van der Waals surface area contributed by atoms with E-state index in [1.807, 2.05) is 6.07 Å². The van der Waals surface area contributed by atoms with E-state index < -0.39 is 11.7 Å². The van der Waals surface area contributed by atoms with Gasteiger partial charge in [-0.05, 0) is 18.2 Å². The molecule has 65 valence electrons. The van der Waals surface area contributed by atoms with Crippen molar-refractivity contribution in [2.45, 2.75) is 6.18 Å². The Morgan fingerprint density at radius 2 is 1.75 bits per heavy atom. The van der Waals surface area contributed by atoms with Gasteiger partial charge in [0.15, 0.2) is 0 Å². The third-order valence-electron chi connectivity index (χ3n) is 1.16. The van der Waals surface area contributed by atoms with Gasteiger partial charge in [-0.25, -0.2) is 0 Å². The van der Waals surface area contributed by atoms with Gasteiger partial charge in [0.1, 0.15) is 0 Å². The average molecular weight is 214 g/mol. The minimum atomic E-state index is -4.42. The summed E-state index contributed by atoms with van der Waals surface area (Å²) in [6.45, 7) is 0. The number of benzene rings is 1. The fraction of sp³-hybridized carbons (Fsp3) is 0.143. The summed E-state index contributed by atoms with van der Waals surface area (Å²) in [7, 11) is 0. The predicted molar refractivity (Wildman–Crippen MR) is 40.3 cm³/mol. The smallest absolute Gasteiger partial charge is 0.166 e. The Bertz CT molecular complexity index is 293. The Labute approximate surface area is 76.9 Å². The highest BCUT2D eigenvalue weighted by Gasteiger charge is 2.31. The topological polar surface area (TPSA) is 0 Å². The van der Waals surface area contributed by atoms with Gasteiger partial charge in [0.25, 0.3) is 0 Å². The van der Waals surface area contributed by atoms with Crippen molar-refractivity contribution in [1.82, 2.24) is 0 Å². The molecule has 0 saturated carbocycles. The van der Waals surface area contributed by atoms with Gasteiger partial charge in [-0.1, -0.05) is 23.2 Å². The van der Waals surface area contributed by atoms with Gasteiger partial charge in [-0.2, -0.15) is 13.2 Å². The van der Waals surface area contributed by atoms with Crippen molar-refractivity contribution in [3.05, 3.63) is 33.8 Å². The van der Waals surface area contributed by atoms with Crippen molar-refractivity contribution in [1.29, 1.82) is 0 Å². The summed E-state index contributed by atoms with van der Waals surface area (Å²) in [4.78, 5) is 0. The van der Waals surface area contributed by atoms with E-state index in [2.05, 4.69) is 0 Å². The molecule has 0 N–H and O–H groups in total. The fourth-order valence-corrected chi connectivity index (χ4v) is 0.884. The molecular weight excluding hydrogens is 212 g/mol. The average Bonchev–Trinajstić information content (AvgIpc) is 1.92. The zero-order valence-corrected chi connectivity index (χ0v) is 7.06. The van der Waals surface area contributed by atoms with Crippen LogP contribution in [0, 0.1) is 6.07 Å². The van der Waals surface area contributed by atoms with Crippen molar-refractivity contribution in [3.8, 4) is 0 Å². The third-order valence-corrected chi connectivity index (χ3v) is 1.88. The molecule has 0 saturated heterocycles. The summed E-state index contributed by atoms with van der Waals surface area (Å²) < 4.78 is 35.9. The number of hydrogen-bond acceptors (Lipinski definition) is 0. The van der Waals surface area contributed by atoms with E-state index in [9.17, 15) is 13.2 Å². The van der Waals surface area contributed by atoms with Crippen molar-refractivity contribution in [2.75, 3.05) is 0 Å². The SMILES string of the molecule is FC(F)(F)c1[c]cc(Cl)c(Cl)c1. The fourth-order valence-electron chi connectivity index (χ4n) is 0.611. The molecule has 0 fully saturated rings. The second-order valence-electron chi connectivity index (χ2n) is 2.04. The first-order valence-electron chi connectivity index (χ1n) is 2.85. The number of hydrogen-bond donors (Lipinski definition) is 0. The standard InChI is InChI=1S/C7H2Cl2F3/c8-5-2-1-4(3-6(5)9)7(10,11)12/h2-3H. The molecule has 1 rings (SSSR count). The molecule has 0 atom stereocenters. The molecule has 0 heterocycles. The zero-order valence-electron chi connectivity index (χ0n) is 5.54. The lowest BCUT2D eigenvalue weighted by molar-refractivity contribution is -0.137. The molecule has 1 aromatic carbocycles. The second-order valence-corrected chi connectivity index (χ2v) is 2.85. The van der Waals surface area contributed by atoms with Gasteiger partial charge in [-0.15, -0.1) is 0 Å². The maximum absolute atomic E-state index is 12.0. The molecule has 0 aliphatic heterocycles. The molecule has 12 heavy (non-hydrogen) atoms. The normalized spacial score (nSPS) is 11.8. The van der Waals surface area contributed by atoms with Crippen LogP contribution in [0.5, 0.6) is 0 Å². The molecule has 0 nitrogen and oxygen atoms in total. The van der Waals surface area contributed by atoms with E-state index >= 15 is 0 Å². The minimum absolute atomic E-state index is 0.0599. The summed E-state index contributed by atoms with van der Waals surface area (Å²) in [6, 6.07) is 3.71. The first-order chi connectivity index (χ1) is 5.41. The van der Waals surface area contributed by atoms with Crippen LogP contribution in [0.25, 0.3) is 0 Å². The monoisotopic (exact) mass is 213 g/mol. The molecule has 0 spiro atoms. The van der Waals surface area contributed by atoms with Crippen LogP contribution in [0.1, 0.15) is 5.56 Å². The molecule has 0 unspecified atom stereocenters. The summed E-state index contributed by atoms with van der Waals surface area (Å²) in [5, 5.41) is -0.0626. The van der Waals surface area contributed by atoms with Crippen LogP contribution < -0.4 is 0 Å². The van der Waals surface area contributed by atoms with Gasteiger partial charge >= 0.3 is 6.18 Å². The van der Waals surface area contributed by atoms with Gasteiger partial charge in [0, 0.05) is 0 Å².